The van der Waals surface area contributed by atoms with Gasteiger partial charge < -0.3 is 15.2 Å². The Balaban J connectivity index is 1.88. The first-order chi connectivity index (χ1) is 12.9. The van der Waals surface area contributed by atoms with E-state index in [0.717, 1.165) is 22.4 Å². The van der Waals surface area contributed by atoms with Gasteiger partial charge in [0.25, 0.3) is 5.91 Å². The zero-order valence-corrected chi connectivity index (χ0v) is 17.6. The minimum atomic E-state index is -0.203. The summed E-state index contributed by atoms with van der Waals surface area (Å²) in [5.74, 6) is 0.205. The van der Waals surface area contributed by atoms with E-state index in [2.05, 4.69) is 32.3 Å². The third kappa shape index (κ3) is 4.73. The quantitative estimate of drug-likeness (QED) is 0.643. The molecule has 1 fully saturated rings. The maximum absolute atomic E-state index is 12.3. The van der Waals surface area contributed by atoms with Crippen molar-refractivity contribution in [3.63, 3.8) is 0 Å². The van der Waals surface area contributed by atoms with Gasteiger partial charge in [0.15, 0.2) is 16.7 Å². The fraction of sp³-hybridized carbons (Fsp3) is 0.200. The summed E-state index contributed by atoms with van der Waals surface area (Å²) in [6.07, 6.45) is 1.75. The molecule has 1 heterocycles. The fourth-order valence-corrected chi connectivity index (χ4v) is 4.01. The smallest absolute Gasteiger partial charge is 0.264 e. The summed E-state index contributed by atoms with van der Waals surface area (Å²) in [6.45, 7) is 6.30. The van der Waals surface area contributed by atoms with Gasteiger partial charge in [-0.2, -0.15) is 0 Å². The summed E-state index contributed by atoms with van der Waals surface area (Å²) in [5, 5.41) is 13.4. The number of aliphatic imine (C=N–C) groups is 1. The highest BCUT2D eigenvalue weighted by atomic mass is 79.9. The van der Waals surface area contributed by atoms with Crippen LogP contribution in [0.15, 0.2) is 44.7 Å². The van der Waals surface area contributed by atoms with Gasteiger partial charge in [-0.25, -0.2) is 4.99 Å². The molecule has 140 valence electrons. The number of carbonyl (C=O) groups is 1. The molecule has 7 heteroatoms. The molecule has 27 heavy (non-hydrogen) atoms. The summed E-state index contributed by atoms with van der Waals surface area (Å²) in [5.41, 5.74) is 3.80. The largest absolute Gasteiger partial charge is 0.503 e. The maximum atomic E-state index is 12.3. The lowest BCUT2D eigenvalue weighted by atomic mass is 10.1. The van der Waals surface area contributed by atoms with Crippen molar-refractivity contribution in [2.24, 2.45) is 4.99 Å². The van der Waals surface area contributed by atoms with Crippen molar-refractivity contribution in [2.45, 2.75) is 20.8 Å². The first-order valence-electron chi connectivity index (χ1n) is 8.39. The summed E-state index contributed by atoms with van der Waals surface area (Å²) >= 11 is 4.59. The number of phenols is 1. The predicted molar refractivity (Wildman–Crippen MR) is 114 cm³/mol. The van der Waals surface area contributed by atoms with Crippen LogP contribution in [0.5, 0.6) is 11.5 Å². The minimum absolute atomic E-state index is 0.0413. The van der Waals surface area contributed by atoms with Crippen LogP contribution in [0.25, 0.3) is 6.08 Å². The number of amides is 1. The molecule has 0 unspecified atom stereocenters. The van der Waals surface area contributed by atoms with Gasteiger partial charge in [-0.1, -0.05) is 6.07 Å². The molecule has 0 aromatic heterocycles. The van der Waals surface area contributed by atoms with Gasteiger partial charge in [-0.15, -0.1) is 0 Å². The van der Waals surface area contributed by atoms with E-state index in [0.29, 0.717) is 26.9 Å². The molecule has 1 aliphatic rings. The van der Waals surface area contributed by atoms with E-state index in [-0.39, 0.29) is 11.7 Å². The third-order valence-electron chi connectivity index (χ3n) is 3.74. The first-order valence-corrected chi connectivity index (χ1v) is 10.00. The van der Waals surface area contributed by atoms with Crippen LogP contribution in [-0.4, -0.2) is 22.8 Å². The molecule has 2 aromatic carbocycles. The molecular weight excluding hydrogens is 428 g/mol. The molecular formula is C20H19BrN2O3S. The van der Waals surface area contributed by atoms with E-state index >= 15 is 0 Å². The number of aromatic hydroxyl groups is 1. The molecule has 0 radical (unpaired) electrons. The highest BCUT2D eigenvalue weighted by Crippen LogP contribution is 2.37. The summed E-state index contributed by atoms with van der Waals surface area (Å²) in [7, 11) is 0. The molecule has 3 rings (SSSR count). The normalized spacial score (nSPS) is 16.8. The van der Waals surface area contributed by atoms with Gasteiger partial charge in [0.05, 0.1) is 21.7 Å². The zero-order valence-electron chi connectivity index (χ0n) is 15.2. The van der Waals surface area contributed by atoms with Gasteiger partial charge in [0.1, 0.15) is 0 Å². The van der Waals surface area contributed by atoms with Crippen molar-refractivity contribution in [3.05, 3.63) is 56.4 Å². The highest BCUT2D eigenvalue weighted by molar-refractivity contribution is 9.10. The molecule has 1 saturated heterocycles. The number of aryl methyl sites for hydroxylation is 2. The highest BCUT2D eigenvalue weighted by Gasteiger charge is 2.24. The Kier molecular flexibility index (Phi) is 5.92. The monoisotopic (exact) mass is 446 g/mol. The van der Waals surface area contributed by atoms with Crippen LogP contribution in [0.3, 0.4) is 0 Å². The number of hydrogen-bond acceptors (Lipinski definition) is 5. The SMILES string of the molecule is CCOc1cc(/C=C2\SC(=Nc3cc(C)cc(C)c3)NC2=O)cc(Br)c1O. The van der Waals surface area contributed by atoms with E-state index in [1.165, 1.54) is 11.8 Å². The van der Waals surface area contributed by atoms with E-state index in [9.17, 15) is 9.90 Å². The Morgan fingerprint density at radius 2 is 1.93 bits per heavy atom. The average Bonchev–Trinajstić information content (AvgIpc) is 2.90. The molecule has 2 aromatic rings. The number of nitrogens with zero attached hydrogens (tertiary/aromatic N) is 1. The number of amidine groups is 1. The topological polar surface area (TPSA) is 70.9 Å². The lowest BCUT2D eigenvalue weighted by molar-refractivity contribution is -0.115. The Labute approximate surface area is 170 Å². The van der Waals surface area contributed by atoms with Crippen LogP contribution in [0, 0.1) is 13.8 Å². The Morgan fingerprint density at radius 1 is 1.22 bits per heavy atom. The number of ether oxygens (including phenoxy) is 1. The number of thioether (sulfide) groups is 1. The van der Waals surface area contributed by atoms with Gasteiger partial charge in [-0.05, 0) is 95.5 Å². The second-order valence-corrected chi connectivity index (χ2v) is 8.00. The number of nitrogens with one attached hydrogen (secondary N) is 1. The van der Waals surface area contributed by atoms with Crippen molar-refractivity contribution in [1.82, 2.24) is 5.32 Å². The van der Waals surface area contributed by atoms with Crippen LogP contribution in [-0.2, 0) is 4.79 Å². The van der Waals surface area contributed by atoms with Crippen molar-refractivity contribution in [1.29, 1.82) is 0 Å². The summed E-state index contributed by atoms with van der Waals surface area (Å²) in [6, 6.07) is 9.45. The molecule has 0 atom stereocenters. The maximum Gasteiger partial charge on any atom is 0.264 e. The number of halogens is 1. The van der Waals surface area contributed by atoms with Crippen molar-refractivity contribution in [2.75, 3.05) is 6.61 Å². The lowest BCUT2D eigenvalue weighted by Gasteiger charge is -2.08. The molecule has 2 N–H and O–H groups in total. The molecule has 0 spiro atoms. The molecule has 1 aliphatic heterocycles. The average molecular weight is 447 g/mol. The van der Waals surface area contributed by atoms with Crippen LogP contribution >= 0.6 is 27.7 Å². The molecule has 0 aliphatic carbocycles. The number of carbonyl (C=O) groups excluding carboxylic acids is 1. The number of benzene rings is 2. The van der Waals surface area contributed by atoms with E-state index < -0.39 is 0 Å². The van der Waals surface area contributed by atoms with Crippen LogP contribution in [0.1, 0.15) is 23.6 Å². The number of phenolic OH excluding ortho intramolecular Hbond substituents is 1. The minimum Gasteiger partial charge on any atom is -0.503 e. The van der Waals surface area contributed by atoms with Crippen molar-refractivity contribution >= 4 is 50.5 Å². The van der Waals surface area contributed by atoms with Crippen molar-refractivity contribution in [3.8, 4) is 11.5 Å². The first kappa shape index (κ1) is 19.5. The van der Waals surface area contributed by atoms with Gasteiger partial charge in [-0.3, -0.25) is 4.79 Å². The standard InChI is InChI=1S/C20H19BrN2O3S/c1-4-26-16-9-13(8-15(21)18(16)24)10-17-19(25)23-20(27-17)22-14-6-11(2)5-12(3)7-14/h5-10,24H,4H2,1-3H3,(H,22,23,25)/b17-10-. The summed E-state index contributed by atoms with van der Waals surface area (Å²) in [4.78, 5) is 17.4. The van der Waals surface area contributed by atoms with Gasteiger partial charge >= 0.3 is 0 Å². The fourth-order valence-electron chi connectivity index (χ4n) is 2.71. The lowest BCUT2D eigenvalue weighted by Crippen LogP contribution is -2.19. The van der Waals surface area contributed by atoms with Gasteiger partial charge in [0, 0.05) is 0 Å². The van der Waals surface area contributed by atoms with Crippen LogP contribution in [0.4, 0.5) is 5.69 Å². The second kappa shape index (κ2) is 8.19. The van der Waals surface area contributed by atoms with E-state index in [1.807, 2.05) is 32.9 Å². The number of hydrogen-bond donors (Lipinski definition) is 2. The van der Waals surface area contributed by atoms with E-state index in [4.69, 9.17) is 4.74 Å². The molecule has 0 saturated carbocycles. The Morgan fingerprint density at radius 3 is 2.59 bits per heavy atom. The van der Waals surface area contributed by atoms with Crippen molar-refractivity contribution < 1.29 is 14.6 Å². The predicted octanol–water partition coefficient (Wildman–Crippen LogP) is 5.06. The zero-order chi connectivity index (χ0) is 19.6. The molecule has 5 nitrogen and oxygen atoms in total. The number of rotatable bonds is 4. The second-order valence-electron chi connectivity index (χ2n) is 6.11. The Hall–Kier alpha value is -2.25. The Bertz CT molecular complexity index is 950. The van der Waals surface area contributed by atoms with Crippen LogP contribution in [0.2, 0.25) is 0 Å². The van der Waals surface area contributed by atoms with Gasteiger partial charge in [0.2, 0.25) is 0 Å². The third-order valence-corrected chi connectivity index (χ3v) is 5.25. The summed E-state index contributed by atoms with van der Waals surface area (Å²) < 4.78 is 5.94. The molecule has 0 bridgehead atoms. The molecule has 1 amide bonds. The van der Waals surface area contributed by atoms with E-state index in [1.54, 1.807) is 18.2 Å². The van der Waals surface area contributed by atoms with Crippen LogP contribution < -0.4 is 10.1 Å².